The molecule has 0 unspecified atom stereocenters. The lowest BCUT2D eigenvalue weighted by Gasteiger charge is -1.91. The maximum absolute atomic E-state index is 5.64. The Morgan fingerprint density at radius 1 is 0.750 bits per heavy atom. The maximum Gasteiger partial charge on any atom is 0.284 e. The van der Waals surface area contributed by atoms with Gasteiger partial charge in [-0.1, -0.05) is 42.5 Å². The van der Waals surface area contributed by atoms with Crippen LogP contribution in [-0.4, -0.2) is 9.97 Å². The average molecular weight is 262 g/mol. The molecule has 96 valence electrons. The normalized spacial score (nSPS) is 11.0. The maximum atomic E-state index is 5.64. The van der Waals surface area contributed by atoms with Crippen LogP contribution < -0.4 is 0 Å². The zero-order valence-corrected chi connectivity index (χ0v) is 10.5. The van der Waals surface area contributed by atoms with Gasteiger partial charge in [-0.15, -0.1) is 0 Å². The number of benzene rings is 2. The lowest BCUT2D eigenvalue weighted by molar-refractivity contribution is 0.527. The molecule has 0 aliphatic rings. The van der Waals surface area contributed by atoms with E-state index < -0.39 is 0 Å². The highest BCUT2D eigenvalue weighted by Gasteiger charge is 2.14. The lowest BCUT2D eigenvalue weighted by Crippen LogP contribution is -1.79. The van der Waals surface area contributed by atoms with Crippen LogP contribution in [0.2, 0.25) is 0 Å². The molecule has 4 rings (SSSR count). The minimum absolute atomic E-state index is 0.389. The predicted octanol–water partition coefficient (Wildman–Crippen LogP) is 4.15. The van der Waals surface area contributed by atoms with Crippen LogP contribution in [0.1, 0.15) is 0 Å². The van der Waals surface area contributed by atoms with Crippen LogP contribution in [0.3, 0.4) is 0 Å². The Morgan fingerprint density at radius 2 is 1.55 bits per heavy atom. The van der Waals surface area contributed by atoms with Crippen molar-refractivity contribution in [1.29, 1.82) is 0 Å². The summed E-state index contributed by atoms with van der Waals surface area (Å²) in [5.41, 5.74) is 3.28. The molecule has 0 saturated carbocycles. The zero-order chi connectivity index (χ0) is 13.4. The standard InChI is InChI=1S/C16H10N2O2/c1-2-6-11(7-3-1)13-10-19-15(18-13)16-17-12-8-4-5-9-14(12)20-16/h1-10H. The fourth-order valence-electron chi connectivity index (χ4n) is 2.08. The fraction of sp³-hybridized carbons (Fsp3) is 0. The minimum Gasteiger partial charge on any atom is -0.440 e. The Hall–Kier alpha value is -2.88. The van der Waals surface area contributed by atoms with Crippen molar-refractivity contribution in [3.8, 4) is 23.0 Å². The van der Waals surface area contributed by atoms with Crippen molar-refractivity contribution in [3.63, 3.8) is 0 Å². The number of aromatic nitrogens is 2. The average Bonchev–Trinajstić information content (AvgIpc) is 3.14. The summed E-state index contributed by atoms with van der Waals surface area (Å²) in [7, 11) is 0. The molecule has 4 aromatic rings. The highest BCUT2D eigenvalue weighted by molar-refractivity contribution is 5.75. The first-order valence-corrected chi connectivity index (χ1v) is 6.27. The van der Waals surface area contributed by atoms with E-state index in [4.69, 9.17) is 8.83 Å². The van der Waals surface area contributed by atoms with E-state index >= 15 is 0 Å². The van der Waals surface area contributed by atoms with Crippen LogP contribution in [0.15, 0.2) is 69.7 Å². The SMILES string of the molecule is c1ccc(-c2coc(-c3nc4ccccc4o3)n2)cc1. The Balaban J connectivity index is 1.78. The molecule has 0 bridgehead atoms. The smallest absolute Gasteiger partial charge is 0.284 e. The van der Waals surface area contributed by atoms with Gasteiger partial charge in [-0.25, -0.2) is 9.97 Å². The molecule has 2 aromatic heterocycles. The van der Waals surface area contributed by atoms with E-state index in [1.54, 1.807) is 6.26 Å². The molecular weight excluding hydrogens is 252 g/mol. The molecule has 0 amide bonds. The molecule has 0 spiro atoms. The summed E-state index contributed by atoms with van der Waals surface area (Å²) in [6, 6.07) is 17.4. The number of fused-ring (bicyclic) bond motifs is 1. The highest BCUT2D eigenvalue weighted by Crippen LogP contribution is 2.26. The van der Waals surface area contributed by atoms with Gasteiger partial charge in [-0.3, -0.25) is 0 Å². The molecule has 4 heteroatoms. The van der Waals surface area contributed by atoms with Crippen molar-refractivity contribution in [1.82, 2.24) is 9.97 Å². The monoisotopic (exact) mass is 262 g/mol. The first-order chi connectivity index (χ1) is 9.90. The second-order valence-electron chi connectivity index (χ2n) is 4.39. The number of nitrogens with zero attached hydrogens (tertiary/aromatic N) is 2. The summed E-state index contributed by atoms with van der Waals surface area (Å²) in [6.07, 6.45) is 1.61. The van der Waals surface area contributed by atoms with Gasteiger partial charge in [0.05, 0.1) is 0 Å². The van der Waals surface area contributed by atoms with E-state index in [0.29, 0.717) is 11.8 Å². The van der Waals surface area contributed by atoms with Gasteiger partial charge in [-0.2, -0.15) is 0 Å². The molecule has 4 nitrogen and oxygen atoms in total. The van der Waals surface area contributed by atoms with Crippen LogP contribution in [-0.2, 0) is 0 Å². The summed E-state index contributed by atoms with van der Waals surface area (Å²) < 4.78 is 11.1. The third kappa shape index (κ3) is 1.78. The largest absolute Gasteiger partial charge is 0.440 e. The van der Waals surface area contributed by atoms with Crippen LogP contribution >= 0.6 is 0 Å². The summed E-state index contributed by atoms with van der Waals surface area (Å²) in [5, 5.41) is 0. The van der Waals surface area contributed by atoms with Crippen molar-refractivity contribution >= 4 is 11.1 Å². The van der Waals surface area contributed by atoms with Gasteiger partial charge < -0.3 is 8.83 Å². The quantitative estimate of drug-likeness (QED) is 0.544. The van der Waals surface area contributed by atoms with Crippen molar-refractivity contribution in [2.24, 2.45) is 0 Å². The first-order valence-electron chi connectivity index (χ1n) is 6.27. The van der Waals surface area contributed by atoms with E-state index in [2.05, 4.69) is 9.97 Å². The Labute approximate surface area is 114 Å². The highest BCUT2D eigenvalue weighted by atomic mass is 16.4. The van der Waals surface area contributed by atoms with E-state index in [0.717, 1.165) is 22.4 Å². The van der Waals surface area contributed by atoms with Gasteiger partial charge in [-0.05, 0) is 12.1 Å². The molecule has 0 aliphatic heterocycles. The Kier molecular flexibility index (Phi) is 2.39. The second-order valence-corrected chi connectivity index (χ2v) is 4.39. The van der Waals surface area contributed by atoms with Gasteiger partial charge >= 0.3 is 0 Å². The number of hydrogen-bond acceptors (Lipinski definition) is 4. The summed E-state index contributed by atoms with van der Waals surface area (Å²) in [6.45, 7) is 0. The molecule has 0 atom stereocenters. The number of rotatable bonds is 2. The lowest BCUT2D eigenvalue weighted by atomic mass is 10.2. The number of para-hydroxylation sites is 2. The molecule has 20 heavy (non-hydrogen) atoms. The van der Waals surface area contributed by atoms with Crippen LogP contribution in [0, 0.1) is 0 Å². The molecule has 2 aromatic carbocycles. The molecule has 0 aliphatic carbocycles. The molecule has 2 heterocycles. The van der Waals surface area contributed by atoms with Crippen LogP contribution in [0.5, 0.6) is 0 Å². The van der Waals surface area contributed by atoms with Crippen LogP contribution in [0.4, 0.5) is 0 Å². The Bertz CT molecular complexity index is 829. The predicted molar refractivity (Wildman–Crippen MR) is 74.9 cm³/mol. The molecular formula is C16H10N2O2. The van der Waals surface area contributed by atoms with Crippen molar-refractivity contribution in [2.75, 3.05) is 0 Å². The number of hydrogen-bond donors (Lipinski definition) is 0. The van der Waals surface area contributed by atoms with E-state index in [-0.39, 0.29) is 0 Å². The van der Waals surface area contributed by atoms with E-state index in [1.165, 1.54) is 0 Å². The van der Waals surface area contributed by atoms with Gasteiger partial charge in [0.1, 0.15) is 17.5 Å². The van der Waals surface area contributed by atoms with Gasteiger partial charge in [0.2, 0.25) is 0 Å². The van der Waals surface area contributed by atoms with Crippen molar-refractivity contribution in [2.45, 2.75) is 0 Å². The Morgan fingerprint density at radius 3 is 2.40 bits per heavy atom. The van der Waals surface area contributed by atoms with Gasteiger partial charge in [0.15, 0.2) is 5.58 Å². The van der Waals surface area contributed by atoms with E-state index in [1.807, 2.05) is 54.6 Å². The molecule has 0 fully saturated rings. The van der Waals surface area contributed by atoms with Crippen molar-refractivity contribution in [3.05, 3.63) is 60.9 Å². The fourth-order valence-corrected chi connectivity index (χ4v) is 2.08. The van der Waals surface area contributed by atoms with Gasteiger partial charge in [0, 0.05) is 5.56 Å². The van der Waals surface area contributed by atoms with E-state index in [9.17, 15) is 0 Å². The second kappa shape index (κ2) is 4.35. The number of oxazole rings is 2. The summed E-state index contributed by atoms with van der Waals surface area (Å²) >= 11 is 0. The zero-order valence-electron chi connectivity index (χ0n) is 10.5. The molecule has 0 saturated heterocycles. The third-order valence-electron chi connectivity index (χ3n) is 3.05. The summed E-state index contributed by atoms with van der Waals surface area (Å²) in [4.78, 5) is 8.79. The molecule has 0 N–H and O–H groups in total. The third-order valence-corrected chi connectivity index (χ3v) is 3.05. The van der Waals surface area contributed by atoms with Gasteiger partial charge in [0.25, 0.3) is 11.8 Å². The van der Waals surface area contributed by atoms with Crippen LogP contribution in [0.25, 0.3) is 34.1 Å². The topological polar surface area (TPSA) is 52.1 Å². The molecule has 0 radical (unpaired) electrons. The van der Waals surface area contributed by atoms with Crippen molar-refractivity contribution < 1.29 is 8.83 Å². The first kappa shape index (κ1) is 11.0. The summed E-state index contributed by atoms with van der Waals surface area (Å²) in [5.74, 6) is 0.786. The minimum atomic E-state index is 0.389.